The number of benzene rings is 1. The Morgan fingerprint density at radius 1 is 1.24 bits per heavy atom. The Bertz CT molecular complexity index is 326. The Labute approximate surface area is 104 Å². The van der Waals surface area contributed by atoms with Crippen LogP contribution in [0, 0.1) is 0 Å². The zero-order valence-corrected chi connectivity index (χ0v) is 10.6. The molecule has 17 heavy (non-hydrogen) atoms. The van der Waals surface area contributed by atoms with Crippen LogP contribution < -0.4 is 0 Å². The third kappa shape index (κ3) is 3.55. The van der Waals surface area contributed by atoms with Gasteiger partial charge in [-0.1, -0.05) is 30.3 Å². The highest BCUT2D eigenvalue weighted by molar-refractivity contribution is 5.15. The van der Waals surface area contributed by atoms with Gasteiger partial charge in [-0.05, 0) is 44.1 Å². The van der Waals surface area contributed by atoms with Gasteiger partial charge in [0.1, 0.15) is 0 Å². The maximum absolute atomic E-state index is 10.5. The number of methoxy groups -OCH3 is 1. The first-order valence-electron chi connectivity index (χ1n) is 6.51. The summed E-state index contributed by atoms with van der Waals surface area (Å²) in [6, 6.07) is 10.4. The van der Waals surface area contributed by atoms with E-state index >= 15 is 0 Å². The van der Waals surface area contributed by atoms with Gasteiger partial charge in [-0.15, -0.1) is 0 Å². The van der Waals surface area contributed by atoms with E-state index in [0.717, 1.165) is 38.5 Å². The van der Waals surface area contributed by atoms with Crippen molar-refractivity contribution in [3.63, 3.8) is 0 Å². The SMILES string of the molecule is COC1CCC(O)(CCc2ccccc2)CC1. The van der Waals surface area contributed by atoms with E-state index in [2.05, 4.69) is 24.3 Å². The summed E-state index contributed by atoms with van der Waals surface area (Å²) in [4.78, 5) is 0. The van der Waals surface area contributed by atoms with Crippen molar-refractivity contribution in [3.8, 4) is 0 Å². The minimum absolute atomic E-state index is 0.354. The van der Waals surface area contributed by atoms with Crippen LogP contribution in [-0.2, 0) is 11.2 Å². The average Bonchev–Trinajstić information content (AvgIpc) is 2.39. The van der Waals surface area contributed by atoms with Gasteiger partial charge >= 0.3 is 0 Å². The Balaban J connectivity index is 1.83. The second-order valence-electron chi connectivity index (χ2n) is 5.15. The lowest BCUT2D eigenvalue weighted by molar-refractivity contribution is -0.0478. The van der Waals surface area contributed by atoms with Crippen LogP contribution in [0.4, 0.5) is 0 Å². The fraction of sp³-hybridized carbons (Fsp3) is 0.600. The van der Waals surface area contributed by atoms with Crippen molar-refractivity contribution >= 4 is 0 Å². The molecule has 0 radical (unpaired) electrons. The average molecular weight is 234 g/mol. The molecule has 0 bridgehead atoms. The van der Waals surface area contributed by atoms with Gasteiger partial charge in [-0.3, -0.25) is 0 Å². The van der Waals surface area contributed by atoms with E-state index in [-0.39, 0.29) is 0 Å². The molecule has 1 saturated carbocycles. The Morgan fingerprint density at radius 2 is 1.88 bits per heavy atom. The minimum atomic E-state index is -0.467. The van der Waals surface area contributed by atoms with Crippen molar-refractivity contribution in [3.05, 3.63) is 35.9 Å². The summed E-state index contributed by atoms with van der Waals surface area (Å²) in [5.41, 5.74) is 0.847. The topological polar surface area (TPSA) is 29.5 Å². The highest BCUT2D eigenvalue weighted by atomic mass is 16.5. The van der Waals surface area contributed by atoms with Crippen molar-refractivity contribution < 1.29 is 9.84 Å². The largest absolute Gasteiger partial charge is 0.390 e. The predicted molar refractivity (Wildman–Crippen MR) is 69.0 cm³/mol. The van der Waals surface area contributed by atoms with Crippen molar-refractivity contribution in [1.82, 2.24) is 0 Å². The van der Waals surface area contributed by atoms with Gasteiger partial charge in [0.15, 0.2) is 0 Å². The van der Waals surface area contributed by atoms with Gasteiger partial charge in [0.2, 0.25) is 0 Å². The second kappa shape index (κ2) is 5.65. The maximum Gasteiger partial charge on any atom is 0.0652 e. The van der Waals surface area contributed by atoms with Crippen LogP contribution in [0.15, 0.2) is 30.3 Å². The lowest BCUT2D eigenvalue weighted by Gasteiger charge is -2.35. The molecular weight excluding hydrogens is 212 g/mol. The number of aliphatic hydroxyl groups is 1. The summed E-state index contributed by atoms with van der Waals surface area (Å²) in [7, 11) is 1.76. The summed E-state index contributed by atoms with van der Waals surface area (Å²) in [5, 5.41) is 10.5. The van der Waals surface area contributed by atoms with Crippen molar-refractivity contribution in [1.29, 1.82) is 0 Å². The van der Waals surface area contributed by atoms with Crippen LogP contribution in [-0.4, -0.2) is 23.9 Å². The van der Waals surface area contributed by atoms with Gasteiger partial charge in [0.25, 0.3) is 0 Å². The van der Waals surface area contributed by atoms with Crippen molar-refractivity contribution in [2.24, 2.45) is 0 Å². The monoisotopic (exact) mass is 234 g/mol. The highest BCUT2D eigenvalue weighted by Crippen LogP contribution is 2.33. The second-order valence-corrected chi connectivity index (χ2v) is 5.15. The van der Waals surface area contributed by atoms with Gasteiger partial charge < -0.3 is 9.84 Å². The lowest BCUT2D eigenvalue weighted by atomic mass is 9.79. The van der Waals surface area contributed by atoms with Gasteiger partial charge in [0, 0.05) is 7.11 Å². The Kier molecular flexibility index (Phi) is 4.19. The Hall–Kier alpha value is -0.860. The number of hydrogen-bond donors (Lipinski definition) is 1. The summed E-state index contributed by atoms with van der Waals surface area (Å²) >= 11 is 0. The zero-order valence-electron chi connectivity index (χ0n) is 10.6. The molecule has 1 N–H and O–H groups in total. The quantitative estimate of drug-likeness (QED) is 0.868. The molecule has 0 unspecified atom stereocenters. The molecule has 0 spiro atoms. The molecule has 1 fully saturated rings. The highest BCUT2D eigenvalue weighted by Gasteiger charge is 2.32. The smallest absolute Gasteiger partial charge is 0.0652 e. The molecule has 0 amide bonds. The van der Waals surface area contributed by atoms with E-state index in [0.29, 0.717) is 6.10 Å². The number of ether oxygens (including phenoxy) is 1. The third-order valence-electron chi connectivity index (χ3n) is 3.92. The van der Waals surface area contributed by atoms with E-state index < -0.39 is 5.60 Å². The van der Waals surface area contributed by atoms with Crippen LogP contribution >= 0.6 is 0 Å². The van der Waals surface area contributed by atoms with Crippen LogP contribution in [0.25, 0.3) is 0 Å². The molecule has 1 aliphatic rings. The number of rotatable bonds is 4. The van der Waals surface area contributed by atoms with Crippen molar-refractivity contribution in [2.45, 2.75) is 50.2 Å². The zero-order chi connectivity index (χ0) is 12.1. The van der Waals surface area contributed by atoms with E-state index in [9.17, 15) is 5.11 Å². The molecular formula is C15H22O2. The molecule has 1 aliphatic carbocycles. The third-order valence-corrected chi connectivity index (χ3v) is 3.92. The first-order chi connectivity index (χ1) is 8.22. The predicted octanol–water partition coefficient (Wildman–Crippen LogP) is 2.94. The molecule has 94 valence electrons. The summed E-state index contributed by atoms with van der Waals surface area (Å²) < 4.78 is 5.34. The van der Waals surface area contributed by atoms with Gasteiger partial charge in [0.05, 0.1) is 11.7 Å². The van der Waals surface area contributed by atoms with Crippen LogP contribution in [0.1, 0.15) is 37.7 Å². The van der Waals surface area contributed by atoms with E-state index in [1.54, 1.807) is 7.11 Å². The number of aryl methyl sites for hydroxylation is 1. The summed E-state index contributed by atoms with van der Waals surface area (Å²) in [5.74, 6) is 0. The van der Waals surface area contributed by atoms with Crippen LogP contribution in [0.2, 0.25) is 0 Å². The van der Waals surface area contributed by atoms with Crippen LogP contribution in [0.5, 0.6) is 0 Å². The molecule has 2 nitrogen and oxygen atoms in total. The minimum Gasteiger partial charge on any atom is -0.390 e. The summed E-state index contributed by atoms with van der Waals surface area (Å²) in [6.07, 6.45) is 5.91. The summed E-state index contributed by atoms with van der Waals surface area (Å²) in [6.45, 7) is 0. The lowest BCUT2D eigenvalue weighted by Crippen LogP contribution is -2.36. The molecule has 0 heterocycles. The number of hydrogen-bond acceptors (Lipinski definition) is 2. The molecule has 1 aromatic rings. The van der Waals surface area contributed by atoms with Gasteiger partial charge in [-0.25, -0.2) is 0 Å². The molecule has 0 aromatic heterocycles. The fourth-order valence-electron chi connectivity index (χ4n) is 2.64. The van der Waals surface area contributed by atoms with E-state index in [1.807, 2.05) is 6.07 Å². The molecule has 2 rings (SSSR count). The normalized spacial score (nSPS) is 29.2. The van der Waals surface area contributed by atoms with E-state index in [1.165, 1.54) is 5.56 Å². The molecule has 0 aliphatic heterocycles. The maximum atomic E-state index is 10.5. The molecule has 0 saturated heterocycles. The van der Waals surface area contributed by atoms with E-state index in [4.69, 9.17) is 4.74 Å². The Morgan fingerprint density at radius 3 is 2.47 bits per heavy atom. The fourth-order valence-corrected chi connectivity index (χ4v) is 2.64. The standard InChI is InChI=1S/C15H22O2/c1-17-14-8-11-15(16,12-9-14)10-7-13-5-3-2-4-6-13/h2-6,14,16H,7-12H2,1H3. The molecule has 1 aromatic carbocycles. The first-order valence-corrected chi connectivity index (χ1v) is 6.51. The van der Waals surface area contributed by atoms with Crippen LogP contribution in [0.3, 0.4) is 0 Å². The van der Waals surface area contributed by atoms with Crippen molar-refractivity contribution in [2.75, 3.05) is 7.11 Å². The molecule has 0 atom stereocenters. The van der Waals surface area contributed by atoms with Gasteiger partial charge in [-0.2, -0.15) is 0 Å². The first kappa shape index (κ1) is 12.6. The molecule has 2 heteroatoms.